The van der Waals surface area contributed by atoms with Crippen LogP contribution in [0.5, 0.6) is 5.75 Å². The van der Waals surface area contributed by atoms with Crippen LogP contribution in [0.25, 0.3) is 0 Å². The summed E-state index contributed by atoms with van der Waals surface area (Å²) < 4.78 is 6.01. The number of pyridine rings is 1. The van der Waals surface area contributed by atoms with Gasteiger partial charge < -0.3 is 14.5 Å². The number of amides is 2. The van der Waals surface area contributed by atoms with Crippen LogP contribution in [0.4, 0.5) is 0 Å². The average Bonchev–Trinajstić information content (AvgIpc) is 2.86. The number of benzene rings is 1. The molecule has 0 saturated carbocycles. The van der Waals surface area contributed by atoms with Crippen LogP contribution >= 0.6 is 0 Å². The SMILES string of the molecule is O=CN1CCN(Cc2ccc(OCCC3CCCCN3C(=O)c3ccncc3)cc2)CC1. The molecule has 1 unspecified atom stereocenters. The fraction of sp³-hybridized carbons (Fsp3) is 0.480. The Morgan fingerprint density at radius 3 is 2.47 bits per heavy atom. The maximum absolute atomic E-state index is 12.9. The molecule has 32 heavy (non-hydrogen) atoms. The Morgan fingerprint density at radius 1 is 1.00 bits per heavy atom. The van der Waals surface area contributed by atoms with E-state index < -0.39 is 0 Å². The standard InChI is InChI=1S/C25H32N4O3/c30-20-28-16-14-27(15-17-28)19-21-4-6-24(7-5-21)32-18-10-23-3-1-2-13-29(23)25(31)22-8-11-26-12-9-22/h4-9,11-12,20,23H,1-3,10,13-19H2. The number of likely N-dealkylation sites (tertiary alicyclic amines) is 1. The Bertz CT molecular complexity index is 867. The van der Waals surface area contributed by atoms with Gasteiger partial charge in [-0.2, -0.15) is 0 Å². The predicted molar refractivity (Wildman–Crippen MR) is 122 cm³/mol. The van der Waals surface area contributed by atoms with E-state index in [1.54, 1.807) is 24.5 Å². The summed E-state index contributed by atoms with van der Waals surface area (Å²) in [5, 5.41) is 0. The molecule has 2 aromatic rings. The van der Waals surface area contributed by atoms with E-state index in [2.05, 4.69) is 22.0 Å². The van der Waals surface area contributed by atoms with Crippen molar-refractivity contribution in [3.8, 4) is 5.75 Å². The first kappa shape index (κ1) is 22.3. The van der Waals surface area contributed by atoms with Crippen LogP contribution < -0.4 is 4.74 Å². The summed E-state index contributed by atoms with van der Waals surface area (Å²) in [6, 6.07) is 12.1. The van der Waals surface area contributed by atoms with Crippen molar-refractivity contribution in [1.29, 1.82) is 0 Å². The number of rotatable bonds is 8. The predicted octanol–water partition coefficient (Wildman–Crippen LogP) is 2.82. The van der Waals surface area contributed by atoms with Gasteiger partial charge >= 0.3 is 0 Å². The zero-order valence-corrected chi connectivity index (χ0v) is 18.6. The number of hydrogen-bond acceptors (Lipinski definition) is 5. The van der Waals surface area contributed by atoms with Crippen molar-refractivity contribution in [3.63, 3.8) is 0 Å². The lowest BCUT2D eigenvalue weighted by Crippen LogP contribution is -2.45. The molecule has 2 aliphatic heterocycles. The first-order valence-electron chi connectivity index (χ1n) is 11.6. The van der Waals surface area contributed by atoms with Gasteiger partial charge in [-0.05, 0) is 49.1 Å². The molecule has 2 aliphatic rings. The van der Waals surface area contributed by atoms with Crippen LogP contribution in [0.2, 0.25) is 0 Å². The molecule has 2 fully saturated rings. The number of carbonyl (C=O) groups excluding carboxylic acids is 2. The zero-order valence-electron chi connectivity index (χ0n) is 18.6. The maximum Gasteiger partial charge on any atom is 0.254 e. The van der Waals surface area contributed by atoms with Gasteiger partial charge in [0.15, 0.2) is 0 Å². The Hall–Kier alpha value is -2.93. The fourth-order valence-electron chi connectivity index (χ4n) is 4.52. The first-order valence-corrected chi connectivity index (χ1v) is 11.6. The summed E-state index contributed by atoms with van der Waals surface area (Å²) in [6.45, 7) is 5.71. The Labute approximate surface area is 190 Å². The molecule has 0 aliphatic carbocycles. The number of ether oxygens (including phenoxy) is 1. The summed E-state index contributed by atoms with van der Waals surface area (Å²) in [4.78, 5) is 34.0. The van der Waals surface area contributed by atoms with Crippen LogP contribution in [-0.4, -0.2) is 77.4 Å². The third-order valence-electron chi connectivity index (χ3n) is 6.42. The van der Waals surface area contributed by atoms with E-state index in [-0.39, 0.29) is 11.9 Å². The van der Waals surface area contributed by atoms with Gasteiger partial charge in [0.25, 0.3) is 5.91 Å². The van der Waals surface area contributed by atoms with Crippen LogP contribution in [0.15, 0.2) is 48.8 Å². The van der Waals surface area contributed by atoms with Crippen molar-refractivity contribution in [2.24, 2.45) is 0 Å². The zero-order chi connectivity index (χ0) is 22.2. The van der Waals surface area contributed by atoms with Crippen molar-refractivity contribution >= 4 is 12.3 Å². The topological polar surface area (TPSA) is 66.0 Å². The second-order valence-corrected chi connectivity index (χ2v) is 8.58. The highest BCUT2D eigenvalue weighted by atomic mass is 16.5. The lowest BCUT2D eigenvalue weighted by Gasteiger charge is -2.36. The summed E-state index contributed by atoms with van der Waals surface area (Å²) in [5.41, 5.74) is 1.95. The van der Waals surface area contributed by atoms with E-state index in [0.717, 1.165) is 77.1 Å². The molecule has 4 rings (SSSR count). The summed E-state index contributed by atoms with van der Waals surface area (Å²) in [5.74, 6) is 0.956. The number of aromatic nitrogens is 1. The van der Waals surface area contributed by atoms with Gasteiger partial charge in [0.1, 0.15) is 5.75 Å². The average molecular weight is 437 g/mol. The molecule has 1 atom stereocenters. The minimum absolute atomic E-state index is 0.0930. The van der Waals surface area contributed by atoms with Crippen molar-refractivity contribution in [1.82, 2.24) is 19.7 Å². The first-order chi connectivity index (χ1) is 15.7. The van der Waals surface area contributed by atoms with Gasteiger partial charge in [0.05, 0.1) is 6.61 Å². The van der Waals surface area contributed by atoms with Gasteiger partial charge in [0, 0.05) is 69.7 Å². The molecule has 1 aromatic carbocycles. The van der Waals surface area contributed by atoms with Gasteiger partial charge in [0.2, 0.25) is 6.41 Å². The van der Waals surface area contributed by atoms with E-state index in [9.17, 15) is 9.59 Å². The molecule has 0 spiro atoms. The smallest absolute Gasteiger partial charge is 0.254 e. The van der Waals surface area contributed by atoms with Gasteiger partial charge in [-0.15, -0.1) is 0 Å². The molecule has 3 heterocycles. The van der Waals surface area contributed by atoms with Crippen molar-refractivity contribution < 1.29 is 14.3 Å². The molecular formula is C25H32N4O3. The normalized spacial score (nSPS) is 19.6. The second-order valence-electron chi connectivity index (χ2n) is 8.58. The number of piperidine rings is 1. The monoisotopic (exact) mass is 436 g/mol. The number of nitrogens with zero attached hydrogens (tertiary/aromatic N) is 4. The molecule has 7 heteroatoms. The van der Waals surface area contributed by atoms with Gasteiger partial charge in [-0.25, -0.2) is 0 Å². The number of carbonyl (C=O) groups is 2. The second kappa shape index (κ2) is 11.1. The molecule has 0 bridgehead atoms. The van der Waals surface area contributed by atoms with Crippen LogP contribution in [-0.2, 0) is 11.3 Å². The number of hydrogen-bond donors (Lipinski definition) is 0. The molecule has 0 N–H and O–H groups in total. The van der Waals surface area contributed by atoms with Crippen molar-refractivity contribution in [2.75, 3.05) is 39.3 Å². The van der Waals surface area contributed by atoms with Crippen LogP contribution in [0.1, 0.15) is 41.6 Å². The highest BCUT2D eigenvalue weighted by Crippen LogP contribution is 2.23. The molecule has 1 aromatic heterocycles. The molecular weight excluding hydrogens is 404 g/mol. The Morgan fingerprint density at radius 2 is 1.75 bits per heavy atom. The summed E-state index contributed by atoms with van der Waals surface area (Å²) >= 11 is 0. The van der Waals surface area contributed by atoms with E-state index >= 15 is 0 Å². The van der Waals surface area contributed by atoms with E-state index in [1.807, 2.05) is 21.9 Å². The van der Waals surface area contributed by atoms with Gasteiger partial charge in [-0.3, -0.25) is 19.5 Å². The van der Waals surface area contributed by atoms with Crippen molar-refractivity contribution in [2.45, 2.75) is 38.3 Å². The van der Waals surface area contributed by atoms with Crippen LogP contribution in [0, 0.1) is 0 Å². The quantitative estimate of drug-likeness (QED) is 0.596. The lowest BCUT2D eigenvalue weighted by molar-refractivity contribution is -0.119. The summed E-state index contributed by atoms with van der Waals surface area (Å²) in [6.07, 6.45) is 8.34. The molecule has 0 radical (unpaired) electrons. The molecule has 2 saturated heterocycles. The van der Waals surface area contributed by atoms with E-state index in [4.69, 9.17) is 4.74 Å². The Balaban J connectivity index is 1.24. The van der Waals surface area contributed by atoms with E-state index in [1.165, 1.54) is 5.56 Å². The lowest BCUT2D eigenvalue weighted by atomic mass is 9.98. The maximum atomic E-state index is 12.9. The number of piperazine rings is 1. The van der Waals surface area contributed by atoms with Crippen LogP contribution in [0.3, 0.4) is 0 Å². The fourth-order valence-corrected chi connectivity index (χ4v) is 4.52. The van der Waals surface area contributed by atoms with Crippen molar-refractivity contribution in [3.05, 3.63) is 59.9 Å². The molecule has 2 amide bonds. The Kier molecular flexibility index (Phi) is 7.72. The van der Waals surface area contributed by atoms with E-state index in [0.29, 0.717) is 12.2 Å². The third kappa shape index (κ3) is 5.85. The largest absolute Gasteiger partial charge is 0.494 e. The van der Waals surface area contributed by atoms with Gasteiger partial charge in [-0.1, -0.05) is 12.1 Å². The minimum Gasteiger partial charge on any atom is -0.494 e. The third-order valence-corrected chi connectivity index (χ3v) is 6.42. The highest BCUT2D eigenvalue weighted by Gasteiger charge is 2.27. The molecule has 7 nitrogen and oxygen atoms in total. The minimum atomic E-state index is 0.0930. The molecule has 170 valence electrons. The summed E-state index contributed by atoms with van der Waals surface area (Å²) in [7, 11) is 0. The highest BCUT2D eigenvalue weighted by molar-refractivity contribution is 5.94.